The molecule has 0 spiro atoms. The number of nitrogens with zero attached hydrogens (tertiary/aromatic N) is 4. The van der Waals surface area contributed by atoms with Crippen molar-refractivity contribution in [1.82, 2.24) is 20.3 Å². The van der Waals surface area contributed by atoms with E-state index in [0.29, 0.717) is 17.7 Å². The number of aromatic nitrogens is 3. The van der Waals surface area contributed by atoms with E-state index in [0.717, 1.165) is 21.5 Å². The minimum atomic E-state index is -0.835. The number of aryl methyl sites for hydroxylation is 1. The lowest BCUT2D eigenvalue weighted by Gasteiger charge is -2.31. The van der Waals surface area contributed by atoms with Crippen molar-refractivity contribution < 1.29 is 9.59 Å². The highest BCUT2D eigenvalue weighted by atomic mass is 32.1. The van der Waals surface area contributed by atoms with Gasteiger partial charge in [0.05, 0.1) is 5.52 Å². The third-order valence-corrected chi connectivity index (χ3v) is 6.84. The monoisotopic (exact) mass is 495 g/mol. The molecular formula is C28H25N5O2S. The summed E-state index contributed by atoms with van der Waals surface area (Å²) in [5, 5.41) is 13.3. The third kappa shape index (κ3) is 5.04. The van der Waals surface area contributed by atoms with Gasteiger partial charge in [-0.15, -0.1) is 16.4 Å². The molecule has 0 fully saturated rings. The van der Waals surface area contributed by atoms with Gasteiger partial charge in [-0.05, 0) is 48.2 Å². The minimum Gasteiger partial charge on any atom is -0.350 e. The van der Waals surface area contributed by atoms with Crippen LogP contribution < -0.4 is 10.2 Å². The van der Waals surface area contributed by atoms with Gasteiger partial charge >= 0.3 is 0 Å². The molecule has 0 bridgehead atoms. The molecule has 8 heteroatoms. The number of amides is 2. The average Bonchev–Trinajstić information content (AvgIpc) is 3.58. The van der Waals surface area contributed by atoms with Gasteiger partial charge in [0.15, 0.2) is 0 Å². The van der Waals surface area contributed by atoms with Gasteiger partial charge in [0.1, 0.15) is 18.1 Å². The lowest BCUT2D eigenvalue weighted by atomic mass is 10.1. The Kier molecular flexibility index (Phi) is 6.86. The van der Waals surface area contributed by atoms with Crippen LogP contribution in [0.15, 0.2) is 96.4 Å². The van der Waals surface area contributed by atoms with Crippen LogP contribution in [0.3, 0.4) is 0 Å². The fourth-order valence-electron chi connectivity index (χ4n) is 4.08. The SMILES string of the molecule is Cc1ccc(N(C(=O)Cn2nnc3ccccc32)C(C(=O)NCc2ccccc2)c2cccs2)cc1. The number of rotatable bonds is 8. The van der Waals surface area contributed by atoms with Crippen molar-refractivity contribution in [2.45, 2.75) is 26.1 Å². The molecular weight excluding hydrogens is 470 g/mol. The summed E-state index contributed by atoms with van der Waals surface area (Å²) in [6.45, 7) is 2.30. The van der Waals surface area contributed by atoms with Crippen molar-refractivity contribution >= 4 is 39.9 Å². The van der Waals surface area contributed by atoms with Gasteiger partial charge in [-0.2, -0.15) is 0 Å². The summed E-state index contributed by atoms with van der Waals surface area (Å²) < 4.78 is 1.58. The maximum atomic E-state index is 13.9. The molecule has 1 N–H and O–H groups in total. The second-order valence-electron chi connectivity index (χ2n) is 8.46. The molecule has 180 valence electrons. The zero-order valence-electron chi connectivity index (χ0n) is 19.7. The highest BCUT2D eigenvalue weighted by Gasteiger charge is 2.34. The first-order valence-corrected chi connectivity index (χ1v) is 12.5. The number of nitrogens with one attached hydrogen (secondary N) is 1. The number of para-hydroxylation sites is 1. The lowest BCUT2D eigenvalue weighted by Crippen LogP contribution is -2.45. The zero-order valence-corrected chi connectivity index (χ0v) is 20.6. The van der Waals surface area contributed by atoms with Gasteiger partial charge in [0.25, 0.3) is 0 Å². The number of carbonyl (C=O) groups is 2. The van der Waals surface area contributed by atoms with E-state index in [2.05, 4.69) is 15.6 Å². The van der Waals surface area contributed by atoms with E-state index < -0.39 is 6.04 Å². The number of fused-ring (bicyclic) bond motifs is 1. The molecule has 0 aliphatic carbocycles. The van der Waals surface area contributed by atoms with Crippen LogP contribution in [-0.2, 0) is 22.7 Å². The first-order chi connectivity index (χ1) is 17.6. The van der Waals surface area contributed by atoms with Crippen molar-refractivity contribution in [3.05, 3.63) is 112 Å². The van der Waals surface area contributed by atoms with Crippen LogP contribution in [0.2, 0.25) is 0 Å². The average molecular weight is 496 g/mol. The van der Waals surface area contributed by atoms with Crippen LogP contribution in [0.4, 0.5) is 5.69 Å². The predicted molar refractivity (Wildman–Crippen MR) is 142 cm³/mol. The fraction of sp³-hybridized carbons (Fsp3) is 0.143. The van der Waals surface area contributed by atoms with Crippen LogP contribution in [-0.4, -0.2) is 26.8 Å². The molecule has 0 saturated heterocycles. The lowest BCUT2D eigenvalue weighted by molar-refractivity contribution is -0.127. The van der Waals surface area contributed by atoms with E-state index in [9.17, 15) is 9.59 Å². The Morgan fingerprint density at radius 2 is 1.69 bits per heavy atom. The topological polar surface area (TPSA) is 80.1 Å². The summed E-state index contributed by atoms with van der Waals surface area (Å²) in [6, 6.07) is 27.8. The van der Waals surface area contributed by atoms with Gasteiger partial charge < -0.3 is 5.32 Å². The van der Waals surface area contributed by atoms with Crippen molar-refractivity contribution in [2.24, 2.45) is 0 Å². The Hall–Kier alpha value is -4.30. The molecule has 2 amide bonds. The van der Waals surface area contributed by atoms with Crippen LogP contribution in [0, 0.1) is 6.92 Å². The Morgan fingerprint density at radius 1 is 0.944 bits per heavy atom. The second-order valence-corrected chi connectivity index (χ2v) is 9.44. The molecule has 7 nitrogen and oxygen atoms in total. The molecule has 1 unspecified atom stereocenters. The Balaban J connectivity index is 1.51. The van der Waals surface area contributed by atoms with Gasteiger partial charge in [0.2, 0.25) is 11.8 Å². The first kappa shape index (κ1) is 23.4. The standard InChI is InChI=1S/C28H25N5O2S/c1-20-13-15-22(16-14-20)33(26(34)19-32-24-11-6-5-10-23(24)30-31-32)27(25-12-7-17-36-25)28(35)29-18-21-8-3-2-4-9-21/h2-17,27H,18-19H2,1H3,(H,29,35). The van der Waals surface area contributed by atoms with Crippen molar-refractivity contribution in [2.75, 3.05) is 4.90 Å². The molecule has 0 aliphatic rings. The molecule has 5 aromatic rings. The number of hydrogen-bond donors (Lipinski definition) is 1. The Bertz CT molecular complexity index is 1460. The number of anilines is 1. The van der Waals surface area contributed by atoms with Crippen molar-refractivity contribution in [1.29, 1.82) is 0 Å². The molecule has 2 heterocycles. The highest BCUT2D eigenvalue weighted by molar-refractivity contribution is 7.10. The summed E-state index contributed by atoms with van der Waals surface area (Å²) in [6.07, 6.45) is 0. The van der Waals surface area contributed by atoms with Crippen LogP contribution in [0.25, 0.3) is 11.0 Å². The van der Waals surface area contributed by atoms with E-state index in [1.165, 1.54) is 11.3 Å². The maximum absolute atomic E-state index is 13.9. The summed E-state index contributed by atoms with van der Waals surface area (Å²) >= 11 is 1.45. The highest BCUT2D eigenvalue weighted by Crippen LogP contribution is 2.31. The van der Waals surface area contributed by atoms with E-state index in [-0.39, 0.29) is 18.4 Å². The molecule has 0 saturated carbocycles. The molecule has 0 radical (unpaired) electrons. The summed E-state index contributed by atoms with van der Waals surface area (Å²) in [7, 11) is 0. The molecule has 1 atom stereocenters. The van der Waals surface area contributed by atoms with E-state index in [4.69, 9.17) is 0 Å². The van der Waals surface area contributed by atoms with E-state index in [1.54, 1.807) is 9.58 Å². The smallest absolute Gasteiger partial charge is 0.249 e. The molecule has 0 aliphatic heterocycles. The molecule has 3 aromatic carbocycles. The fourth-order valence-corrected chi connectivity index (χ4v) is 4.90. The van der Waals surface area contributed by atoms with Crippen molar-refractivity contribution in [3.8, 4) is 0 Å². The number of hydrogen-bond acceptors (Lipinski definition) is 5. The summed E-state index contributed by atoms with van der Waals surface area (Å²) in [4.78, 5) is 29.9. The largest absolute Gasteiger partial charge is 0.350 e. The summed E-state index contributed by atoms with van der Waals surface area (Å²) in [5.74, 6) is -0.513. The van der Waals surface area contributed by atoms with Crippen LogP contribution in [0.5, 0.6) is 0 Å². The first-order valence-electron chi connectivity index (χ1n) is 11.6. The zero-order chi connectivity index (χ0) is 24.9. The van der Waals surface area contributed by atoms with Crippen LogP contribution in [0.1, 0.15) is 22.0 Å². The van der Waals surface area contributed by atoms with Gasteiger partial charge in [-0.1, -0.05) is 71.4 Å². The molecule has 5 rings (SSSR count). The Labute approximate surface area is 213 Å². The quantitative estimate of drug-likeness (QED) is 0.332. The van der Waals surface area contributed by atoms with Crippen LogP contribution >= 0.6 is 11.3 Å². The van der Waals surface area contributed by atoms with Gasteiger partial charge in [-0.25, -0.2) is 4.68 Å². The van der Waals surface area contributed by atoms with Crippen molar-refractivity contribution in [3.63, 3.8) is 0 Å². The van der Waals surface area contributed by atoms with E-state index in [1.807, 2.05) is 103 Å². The number of thiophene rings is 1. The summed E-state index contributed by atoms with van der Waals surface area (Å²) in [5.41, 5.74) is 4.16. The molecule has 2 aromatic heterocycles. The second kappa shape index (κ2) is 10.5. The van der Waals surface area contributed by atoms with Gasteiger partial charge in [-0.3, -0.25) is 14.5 Å². The maximum Gasteiger partial charge on any atom is 0.249 e. The normalized spacial score (nSPS) is 11.8. The minimum absolute atomic E-state index is 0.0533. The number of benzene rings is 3. The van der Waals surface area contributed by atoms with Gasteiger partial charge in [0, 0.05) is 17.1 Å². The predicted octanol–water partition coefficient (Wildman–Crippen LogP) is 4.89. The third-order valence-electron chi connectivity index (χ3n) is 5.91. The Morgan fingerprint density at radius 3 is 2.44 bits per heavy atom. The molecule has 36 heavy (non-hydrogen) atoms. The number of carbonyl (C=O) groups excluding carboxylic acids is 2. The van der Waals surface area contributed by atoms with E-state index >= 15 is 0 Å².